The largest absolute Gasteiger partial charge is 0.494 e. The van der Waals surface area contributed by atoms with Gasteiger partial charge in [-0.2, -0.15) is 0 Å². The third-order valence-corrected chi connectivity index (χ3v) is 3.03. The highest BCUT2D eigenvalue weighted by Crippen LogP contribution is 2.28. The Morgan fingerprint density at radius 3 is 2.71 bits per heavy atom. The number of amides is 2. The Balaban J connectivity index is 2.00. The van der Waals surface area contributed by atoms with Gasteiger partial charge < -0.3 is 15.4 Å². The molecule has 0 aliphatic carbocycles. The van der Waals surface area contributed by atoms with Crippen LogP contribution in [0.4, 0.5) is 11.4 Å². The van der Waals surface area contributed by atoms with Crippen molar-refractivity contribution in [3.05, 3.63) is 58.4 Å². The number of nitrogens with zero attached hydrogens (tertiary/aromatic N) is 2. The Labute approximate surface area is 136 Å². The molecule has 1 aromatic heterocycles. The smallest absolute Gasteiger partial charge is 0.313 e. The fourth-order valence-corrected chi connectivity index (χ4v) is 1.84. The van der Waals surface area contributed by atoms with Crippen LogP contribution in [0.25, 0.3) is 0 Å². The second-order valence-electron chi connectivity index (χ2n) is 4.64. The van der Waals surface area contributed by atoms with E-state index in [4.69, 9.17) is 4.74 Å². The van der Waals surface area contributed by atoms with E-state index in [0.717, 1.165) is 11.6 Å². The number of carbonyl (C=O) groups is 2. The van der Waals surface area contributed by atoms with Crippen LogP contribution in [0.15, 0.2) is 42.7 Å². The molecule has 0 spiro atoms. The van der Waals surface area contributed by atoms with Crippen molar-refractivity contribution >= 4 is 23.2 Å². The van der Waals surface area contributed by atoms with Crippen LogP contribution in [-0.2, 0) is 16.1 Å². The average molecular weight is 330 g/mol. The van der Waals surface area contributed by atoms with Gasteiger partial charge in [-0.15, -0.1) is 0 Å². The van der Waals surface area contributed by atoms with Crippen molar-refractivity contribution in [2.45, 2.75) is 6.54 Å². The van der Waals surface area contributed by atoms with Gasteiger partial charge in [0.1, 0.15) is 5.75 Å². The van der Waals surface area contributed by atoms with E-state index in [1.807, 2.05) is 0 Å². The number of nitro benzene ring substituents is 1. The molecule has 0 saturated carbocycles. The number of ether oxygens (including phenoxy) is 1. The summed E-state index contributed by atoms with van der Waals surface area (Å²) in [6.45, 7) is 0.150. The molecule has 9 heteroatoms. The summed E-state index contributed by atoms with van der Waals surface area (Å²) in [6.07, 6.45) is 3.16. The first-order chi connectivity index (χ1) is 11.5. The van der Waals surface area contributed by atoms with Crippen molar-refractivity contribution < 1.29 is 19.2 Å². The summed E-state index contributed by atoms with van der Waals surface area (Å²) < 4.78 is 4.99. The number of non-ortho nitro benzene ring substituents is 1. The number of benzene rings is 1. The third-order valence-electron chi connectivity index (χ3n) is 3.03. The van der Waals surface area contributed by atoms with Crippen LogP contribution < -0.4 is 15.4 Å². The van der Waals surface area contributed by atoms with Crippen molar-refractivity contribution in [3.63, 3.8) is 0 Å². The van der Waals surface area contributed by atoms with Crippen LogP contribution in [0.2, 0.25) is 0 Å². The molecule has 24 heavy (non-hydrogen) atoms. The van der Waals surface area contributed by atoms with Gasteiger partial charge in [0.05, 0.1) is 23.8 Å². The molecule has 2 amide bonds. The molecule has 1 heterocycles. The van der Waals surface area contributed by atoms with Crippen molar-refractivity contribution in [3.8, 4) is 5.75 Å². The number of aromatic nitrogens is 1. The second-order valence-corrected chi connectivity index (χ2v) is 4.64. The Morgan fingerprint density at radius 2 is 2.08 bits per heavy atom. The molecule has 2 rings (SSSR count). The average Bonchev–Trinajstić information content (AvgIpc) is 2.60. The van der Waals surface area contributed by atoms with Crippen molar-refractivity contribution in [1.82, 2.24) is 10.3 Å². The second kappa shape index (κ2) is 7.68. The SMILES string of the molecule is COc1cc([N+](=O)[O-])ccc1NC(=O)C(=O)NCc1cccnc1. The van der Waals surface area contributed by atoms with E-state index in [1.54, 1.807) is 24.5 Å². The zero-order chi connectivity index (χ0) is 17.5. The molecule has 2 aromatic rings. The van der Waals surface area contributed by atoms with Crippen LogP contribution in [0.1, 0.15) is 5.56 Å². The van der Waals surface area contributed by atoms with Gasteiger partial charge >= 0.3 is 11.8 Å². The topological polar surface area (TPSA) is 123 Å². The lowest BCUT2D eigenvalue weighted by Gasteiger charge is -2.10. The molecule has 0 aliphatic rings. The summed E-state index contributed by atoms with van der Waals surface area (Å²) in [5.41, 5.74) is 0.710. The van der Waals surface area contributed by atoms with E-state index in [-0.39, 0.29) is 23.7 Å². The maximum atomic E-state index is 11.9. The first-order valence-corrected chi connectivity index (χ1v) is 6.81. The van der Waals surface area contributed by atoms with E-state index in [0.29, 0.717) is 0 Å². The van der Waals surface area contributed by atoms with Gasteiger partial charge in [0.15, 0.2) is 0 Å². The van der Waals surface area contributed by atoms with Gasteiger partial charge in [-0.1, -0.05) is 6.07 Å². The maximum absolute atomic E-state index is 11.9. The Kier molecular flexibility index (Phi) is 5.40. The van der Waals surface area contributed by atoms with E-state index in [2.05, 4.69) is 15.6 Å². The van der Waals surface area contributed by atoms with E-state index in [1.165, 1.54) is 19.2 Å². The lowest BCUT2D eigenvalue weighted by molar-refractivity contribution is -0.384. The molecule has 0 aliphatic heterocycles. The molecule has 0 saturated heterocycles. The van der Waals surface area contributed by atoms with Crippen LogP contribution in [0, 0.1) is 10.1 Å². The molecular weight excluding hydrogens is 316 g/mol. The molecule has 0 unspecified atom stereocenters. The Hall–Kier alpha value is -3.49. The molecule has 0 fully saturated rings. The summed E-state index contributed by atoms with van der Waals surface area (Å²) >= 11 is 0. The number of methoxy groups -OCH3 is 1. The monoisotopic (exact) mass is 330 g/mol. The van der Waals surface area contributed by atoms with Gasteiger partial charge in [0.2, 0.25) is 0 Å². The lowest BCUT2D eigenvalue weighted by Crippen LogP contribution is -2.35. The minimum atomic E-state index is -0.911. The van der Waals surface area contributed by atoms with Crippen molar-refractivity contribution in [2.75, 3.05) is 12.4 Å². The third kappa shape index (κ3) is 4.26. The molecule has 0 atom stereocenters. The lowest BCUT2D eigenvalue weighted by atomic mass is 10.2. The van der Waals surface area contributed by atoms with Gasteiger partial charge in [-0.3, -0.25) is 24.7 Å². The quantitative estimate of drug-likeness (QED) is 0.483. The Bertz CT molecular complexity index is 764. The maximum Gasteiger partial charge on any atom is 0.313 e. The highest BCUT2D eigenvalue weighted by Gasteiger charge is 2.17. The van der Waals surface area contributed by atoms with Crippen LogP contribution in [-0.4, -0.2) is 28.8 Å². The number of nitrogens with one attached hydrogen (secondary N) is 2. The standard InChI is InChI=1S/C15H14N4O5/c1-24-13-7-11(19(22)23)4-5-12(13)18-15(21)14(20)17-9-10-3-2-6-16-8-10/h2-8H,9H2,1H3,(H,17,20)(H,18,21). The van der Waals surface area contributed by atoms with Crippen LogP contribution in [0.5, 0.6) is 5.75 Å². The molecule has 2 N–H and O–H groups in total. The van der Waals surface area contributed by atoms with Gasteiger partial charge in [0.25, 0.3) is 5.69 Å². The summed E-state index contributed by atoms with van der Waals surface area (Å²) in [6, 6.07) is 7.12. The molecule has 0 radical (unpaired) electrons. The predicted molar refractivity (Wildman–Crippen MR) is 84.4 cm³/mol. The number of hydrogen-bond donors (Lipinski definition) is 2. The highest BCUT2D eigenvalue weighted by molar-refractivity contribution is 6.39. The zero-order valence-electron chi connectivity index (χ0n) is 12.7. The highest BCUT2D eigenvalue weighted by atomic mass is 16.6. The van der Waals surface area contributed by atoms with Crippen LogP contribution >= 0.6 is 0 Å². The van der Waals surface area contributed by atoms with Gasteiger partial charge in [-0.05, 0) is 17.7 Å². The Morgan fingerprint density at radius 1 is 1.29 bits per heavy atom. The number of rotatable bonds is 5. The number of hydrogen-bond acceptors (Lipinski definition) is 6. The first kappa shape index (κ1) is 16.9. The number of anilines is 1. The summed E-state index contributed by atoms with van der Waals surface area (Å²) in [5, 5.41) is 15.5. The molecular formula is C15H14N4O5. The molecule has 9 nitrogen and oxygen atoms in total. The fourth-order valence-electron chi connectivity index (χ4n) is 1.84. The van der Waals surface area contributed by atoms with Crippen molar-refractivity contribution in [1.29, 1.82) is 0 Å². The summed E-state index contributed by atoms with van der Waals surface area (Å²) in [5.74, 6) is -1.68. The van der Waals surface area contributed by atoms with Crippen LogP contribution in [0.3, 0.4) is 0 Å². The molecule has 124 valence electrons. The predicted octanol–water partition coefficient (Wildman–Crippen LogP) is 1.25. The van der Waals surface area contributed by atoms with Gasteiger partial charge in [0, 0.05) is 25.0 Å². The van der Waals surface area contributed by atoms with E-state index < -0.39 is 16.7 Å². The molecule has 0 bridgehead atoms. The zero-order valence-corrected chi connectivity index (χ0v) is 12.7. The number of pyridine rings is 1. The minimum absolute atomic E-state index is 0.0811. The van der Waals surface area contributed by atoms with Crippen molar-refractivity contribution in [2.24, 2.45) is 0 Å². The summed E-state index contributed by atoms with van der Waals surface area (Å²) in [7, 11) is 1.30. The minimum Gasteiger partial charge on any atom is -0.494 e. The number of carbonyl (C=O) groups excluding carboxylic acids is 2. The fraction of sp³-hybridized carbons (Fsp3) is 0.133. The normalized spacial score (nSPS) is 9.88. The summed E-state index contributed by atoms with van der Waals surface area (Å²) in [4.78, 5) is 37.7. The van der Waals surface area contributed by atoms with E-state index >= 15 is 0 Å². The number of nitro groups is 1. The van der Waals surface area contributed by atoms with Gasteiger partial charge in [-0.25, -0.2) is 0 Å². The first-order valence-electron chi connectivity index (χ1n) is 6.81. The van der Waals surface area contributed by atoms with E-state index in [9.17, 15) is 19.7 Å². The molecule has 1 aromatic carbocycles.